The maximum atomic E-state index is 4.25. The third-order valence-corrected chi connectivity index (χ3v) is 2.45. The van der Waals surface area contributed by atoms with Crippen LogP contribution in [-0.4, -0.2) is 25.1 Å². The largest absolute Gasteiger partial charge is 0.284 e. The minimum atomic E-state index is 0.848. The van der Waals surface area contributed by atoms with Crippen LogP contribution in [0.5, 0.6) is 0 Å². The maximum Gasteiger partial charge on any atom is 0.116 e. The molecule has 17 heavy (non-hydrogen) atoms. The Bertz CT molecular complexity index is 549. The number of pyridine rings is 1. The Morgan fingerprint density at radius 3 is 2.53 bits per heavy atom. The molecule has 5 heteroatoms. The quantitative estimate of drug-likeness (QED) is 0.720. The van der Waals surface area contributed by atoms with E-state index in [1.54, 1.807) is 18.6 Å². The van der Waals surface area contributed by atoms with Crippen LogP contribution >= 0.6 is 0 Å². The third-order valence-electron chi connectivity index (χ3n) is 2.45. The molecule has 1 N–H and O–H groups in total. The Kier molecular flexibility index (Phi) is 2.34. The molecule has 0 atom stereocenters. The lowest BCUT2D eigenvalue weighted by atomic mass is 10.1. The molecule has 0 aromatic carbocycles. The lowest BCUT2D eigenvalue weighted by molar-refractivity contribution is 1.09. The normalized spacial score (nSPS) is 10.4. The predicted molar refractivity (Wildman–Crippen MR) is 62.8 cm³/mol. The molecule has 0 amide bonds. The van der Waals surface area contributed by atoms with Gasteiger partial charge in [-0.15, -0.1) is 0 Å². The first-order valence-electron chi connectivity index (χ1n) is 5.16. The summed E-state index contributed by atoms with van der Waals surface area (Å²) >= 11 is 0. The van der Waals surface area contributed by atoms with Crippen molar-refractivity contribution in [3.05, 3.63) is 49.3 Å². The summed E-state index contributed by atoms with van der Waals surface area (Å²) in [4.78, 5) is 12.1. The van der Waals surface area contributed by atoms with Crippen LogP contribution in [0.25, 0.3) is 22.5 Å². The van der Waals surface area contributed by atoms with Gasteiger partial charge in [0.2, 0.25) is 0 Å². The number of aromatic nitrogens is 5. The molecule has 0 aliphatic carbocycles. The van der Waals surface area contributed by atoms with Crippen LogP contribution in [0.1, 0.15) is 0 Å². The van der Waals surface area contributed by atoms with E-state index in [1.807, 2.05) is 24.4 Å². The fourth-order valence-corrected chi connectivity index (χ4v) is 1.67. The molecule has 82 valence electrons. The number of nitrogens with zero attached hydrogens (tertiary/aromatic N) is 4. The van der Waals surface area contributed by atoms with Crippen molar-refractivity contribution >= 4 is 0 Å². The summed E-state index contributed by atoms with van der Waals surface area (Å²) in [5.74, 6) is 0. The molecule has 0 bridgehead atoms. The highest BCUT2D eigenvalue weighted by atomic mass is 15.1. The lowest BCUT2D eigenvalue weighted by Crippen LogP contribution is -1.86. The second kappa shape index (κ2) is 4.13. The van der Waals surface area contributed by atoms with Crippen molar-refractivity contribution in [1.82, 2.24) is 25.1 Å². The van der Waals surface area contributed by atoms with Gasteiger partial charge in [0.15, 0.2) is 0 Å². The molecule has 3 rings (SSSR count). The molecule has 0 saturated carbocycles. The van der Waals surface area contributed by atoms with E-state index in [0.29, 0.717) is 0 Å². The Balaban J connectivity index is 2.13. The highest BCUT2D eigenvalue weighted by Gasteiger charge is 2.10. The van der Waals surface area contributed by atoms with Crippen LogP contribution in [0.2, 0.25) is 0 Å². The van der Waals surface area contributed by atoms with Crippen molar-refractivity contribution in [2.24, 2.45) is 0 Å². The van der Waals surface area contributed by atoms with Crippen LogP contribution in [0.15, 0.2) is 49.3 Å². The maximum absolute atomic E-state index is 4.25. The van der Waals surface area contributed by atoms with Crippen LogP contribution in [0.3, 0.4) is 0 Å². The van der Waals surface area contributed by atoms with E-state index in [1.165, 1.54) is 6.33 Å². The number of aromatic amines is 1. The molecule has 0 aliphatic heterocycles. The zero-order chi connectivity index (χ0) is 11.5. The Morgan fingerprint density at radius 1 is 0.941 bits per heavy atom. The van der Waals surface area contributed by atoms with Crippen molar-refractivity contribution < 1.29 is 0 Å². The Hall–Kier alpha value is -2.56. The first-order chi connectivity index (χ1) is 8.45. The van der Waals surface area contributed by atoms with Crippen molar-refractivity contribution in [3.63, 3.8) is 0 Å². The molecule has 3 aromatic heterocycles. The van der Waals surface area contributed by atoms with E-state index in [9.17, 15) is 0 Å². The summed E-state index contributed by atoms with van der Waals surface area (Å²) in [7, 11) is 0. The molecule has 3 heterocycles. The summed E-state index contributed by atoms with van der Waals surface area (Å²) < 4.78 is 0. The lowest BCUT2D eigenvalue weighted by Gasteiger charge is -2.00. The van der Waals surface area contributed by atoms with E-state index in [-0.39, 0.29) is 0 Å². The monoisotopic (exact) mass is 223 g/mol. The van der Waals surface area contributed by atoms with Gasteiger partial charge < -0.3 is 0 Å². The average molecular weight is 223 g/mol. The van der Waals surface area contributed by atoms with Crippen molar-refractivity contribution in [2.75, 3.05) is 0 Å². The van der Waals surface area contributed by atoms with Gasteiger partial charge in [-0.25, -0.2) is 9.97 Å². The molecule has 5 nitrogen and oxygen atoms in total. The van der Waals surface area contributed by atoms with E-state index in [4.69, 9.17) is 0 Å². The van der Waals surface area contributed by atoms with Gasteiger partial charge in [0, 0.05) is 35.9 Å². The SMILES string of the molecule is c1cc(-c2n[nH]cc2-c2ccncn2)ccn1. The second-order valence-electron chi connectivity index (χ2n) is 3.48. The number of hydrogen-bond donors (Lipinski definition) is 1. The second-order valence-corrected chi connectivity index (χ2v) is 3.48. The number of rotatable bonds is 2. The highest BCUT2D eigenvalue weighted by Crippen LogP contribution is 2.27. The third kappa shape index (κ3) is 1.78. The minimum absolute atomic E-state index is 0.848. The zero-order valence-corrected chi connectivity index (χ0v) is 8.91. The number of hydrogen-bond acceptors (Lipinski definition) is 4. The zero-order valence-electron chi connectivity index (χ0n) is 8.91. The van der Waals surface area contributed by atoms with Gasteiger partial charge in [0.1, 0.15) is 12.0 Å². The van der Waals surface area contributed by atoms with Crippen LogP contribution in [0.4, 0.5) is 0 Å². The molecular weight excluding hydrogens is 214 g/mol. The molecule has 0 aliphatic rings. The first-order valence-corrected chi connectivity index (χ1v) is 5.16. The van der Waals surface area contributed by atoms with Crippen molar-refractivity contribution in [1.29, 1.82) is 0 Å². The van der Waals surface area contributed by atoms with E-state index < -0.39 is 0 Å². The van der Waals surface area contributed by atoms with Crippen LogP contribution in [0, 0.1) is 0 Å². The minimum Gasteiger partial charge on any atom is -0.284 e. The van der Waals surface area contributed by atoms with Crippen LogP contribution in [-0.2, 0) is 0 Å². The summed E-state index contributed by atoms with van der Waals surface area (Å²) in [5.41, 5.74) is 3.68. The van der Waals surface area contributed by atoms with Gasteiger partial charge >= 0.3 is 0 Å². The highest BCUT2D eigenvalue weighted by molar-refractivity contribution is 5.77. The predicted octanol–water partition coefficient (Wildman–Crippen LogP) is 1.93. The van der Waals surface area contributed by atoms with Gasteiger partial charge in [-0.1, -0.05) is 0 Å². The Morgan fingerprint density at radius 2 is 1.76 bits per heavy atom. The summed E-state index contributed by atoms with van der Waals surface area (Å²) in [5, 5.41) is 7.11. The summed E-state index contributed by atoms with van der Waals surface area (Å²) in [6.07, 6.45) is 8.56. The molecule has 0 unspecified atom stereocenters. The van der Waals surface area contributed by atoms with Gasteiger partial charge in [0.25, 0.3) is 0 Å². The standard InChI is InChI=1S/C12H9N5/c1-4-13-5-2-9(1)12-10(7-16-17-12)11-3-6-14-8-15-11/h1-8H,(H,16,17). The molecule has 0 radical (unpaired) electrons. The molecular formula is C12H9N5. The van der Waals surface area contributed by atoms with Crippen molar-refractivity contribution in [2.45, 2.75) is 0 Å². The van der Waals surface area contributed by atoms with Crippen molar-refractivity contribution in [3.8, 4) is 22.5 Å². The van der Waals surface area contributed by atoms with Gasteiger partial charge in [-0.3, -0.25) is 10.1 Å². The number of nitrogens with one attached hydrogen (secondary N) is 1. The average Bonchev–Trinajstić information content (AvgIpc) is 2.90. The fraction of sp³-hybridized carbons (Fsp3) is 0. The topological polar surface area (TPSA) is 67.3 Å². The van der Waals surface area contributed by atoms with Gasteiger partial charge in [-0.05, 0) is 18.2 Å². The summed E-state index contributed by atoms with van der Waals surface area (Å²) in [6, 6.07) is 5.69. The fourth-order valence-electron chi connectivity index (χ4n) is 1.67. The molecule has 0 spiro atoms. The van der Waals surface area contributed by atoms with E-state index >= 15 is 0 Å². The van der Waals surface area contributed by atoms with Crippen LogP contribution < -0.4 is 0 Å². The van der Waals surface area contributed by atoms with E-state index in [2.05, 4.69) is 25.1 Å². The first kappa shape index (κ1) is 9.65. The molecule has 0 fully saturated rings. The number of H-pyrrole nitrogens is 1. The molecule has 3 aromatic rings. The van der Waals surface area contributed by atoms with E-state index in [0.717, 1.165) is 22.5 Å². The van der Waals surface area contributed by atoms with Gasteiger partial charge in [0.05, 0.1) is 5.69 Å². The summed E-state index contributed by atoms with van der Waals surface area (Å²) in [6.45, 7) is 0. The smallest absolute Gasteiger partial charge is 0.116 e. The molecule has 0 saturated heterocycles. The Labute approximate surface area is 97.6 Å². The van der Waals surface area contributed by atoms with Gasteiger partial charge in [-0.2, -0.15) is 5.10 Å².